The summed E-state index contributed by atoms with van der Waals surface area (Å²) in [7, 11) is 1.31. The Balaban J connectivity index is 1.65. The van der Waals surface area contributed by atoms with Crippen LogP contribution in [-0.2, 0) is 9.53 Å². The zero-order valence-electron chi connectivity index (χ0n) is 14.5. The second kappa shape index (κ2) is 7.15. The lowest BCUT2D eigenvalue weighted by molar-refractivity contribution is -0.129. The number of hydrogen-bond acceptors (Lipinski definition) is 6. The fourth-order valence-electron chi connectivity index (χ4n) is 2.73. The first kappa shape index (κ1) is 17.7. The molecule has 0 spiro atoms. The lowest BCUT2D eigenvalue weighted by atomic mass is 10.2. The van der Waals surface area contributed by atoms with Crippen molar-refractivity contribution in [2.75, 3.05) is 7.11 Å². The van der Waals surface area contributed by atoms with Gasteiger partial charge in [0.2, 0.25) is 5.90 Å². The van der Waals surface area contributed by atoms with Gasteiger partial charge in [0.25, 0.3) is 0 Å². The van der Waals surface area contributed by atoms with Gasteiger partial charge in [-0.25, -0.2) is 9.79 Å². The van der Waals surface area contributed by atoms with Crippen molar-refractivity contribution in [1.29, 1.82) is 0 Å². The molecule has 3 aromatic rings. The number of benzene rings is 2. The Bertz CT molecular complexity index is 1080. The van der Waals surface area contributed by atoms with Crippen LogP contribution in [0.15, 0.2) is 63.6 Å². The minimum Gasteiger partial charge on any atom is -0.493 e. The monoisotopic (exact) mass is 385 g/mol. The summed E-state index contributed by atoms with van der Waals surface area (Å²) >= 11 is 0. The van der Waals surface area contributed by atoms with Crippen LogP contribution < -0.4 is 9.47 Å². The van der Waals surface area contributed by atoms with E-state index in [0.29, 0.717) is 16.9 Å². The molecule has 0 N–H and O–H groups in total. The number of cyclic esters (lactones) is 1. The number of fused-ring (bicyclic) bond motifs is 1. The second-order valence-corrected chi connectivity index (χ2v) is 5.77. The first-order valence-electron chi connectivity index (χ1n) is 8.18. The predicted molar refractivity (Wildman–Crippen MR) is 96.4 cm³/mol. The van der Waals surface area contributed by atoms with E-state index in [0.717, 1.165) is 5.39 Å². The van der Waals surface area contributed by atoms with Gasteiger partial charge in [0.05, 0.1) is 7.11 Å². The molecular formula is C20H13F2NO5. The van der Waals surface area contributed by atoms with Gasteiger partial charge in [-0.05, 0) is 30.3 Å². The zero-order valence-corrected chi connectivity index (χ0v) is 14.5. The number of ether oxygens (including phenoxy) is 3. The van der Waals surface area contributed by atoms with Gasteiger partial charge in [0.1, 0.15) is 11.3 Å². The fourth-order valence-corrected chi connectivity index (χ4v) is 2.73. The van der Waals surface area contributed by atoms with Crippen LogP contribution >= 0.6 is 0 Å². The van der Waals surface area contributed by atoms with Gasteiger partial charge < -0.3 is 18.6 Å². The van der Waals surface area contributed by atoms with Crippen LogP contribution in [0.5, 0.6) is 11.5 Å². The number of halogens is 2. The number of furan rings is 1. The van der Waals surface area contributed by atoms with Crippen LogP contribution in [0.2, 0.25) is 0 Å². The molecule has 0 amide bonds. The van der Waals surface area contributed by atoms with Crippen LogP contribution in [0.4, 0.5) is 8.78 Å². The highest BCUT2D eigenvalue weighted by Gasteiger charge is 2.26. The number of carbonyl (C=O) groups is 1. The topological polar surface area (TPSA) is 70.3 Å². The van der Waals surface area contributed by atoms with E-state index in [1.807, 2.05) is 24.3 Å². The maximum atomic E-state index is 12.4. The quantitative estimate of drug-likeness (QED) is 0.481. The molecule has 2 aromatic carbocycles. The summed E-state index contributed by atoms with van der Waals surface area (Å²) in [6.45, 7) is -2.99. The number of carbonyl (C=O) groups excluding carboxylic acids is 1. The maximum Gasteiger partial charge on any atom is 0.387 e. The van der Waals surface area contributed by atoms with E-state index in [1.54, 1.807) is 6.07 Å². The van der Waals surface area contributed by atoms with Crippen LogP contribution in [-0.4, -0.2) is 25.6 Å². The van der Waals surface area contributed by atoms with Gasteiger partial charge in [-0.1, -0.05) is 18.2 Å². The molecule has 28 heavy (non-hydrogen) atoms. The molecule has 6 nitrogen and oxygen atoms in total. The average Bonchev–Trinajstić information content (AvgIpc) is 3.25. The first-order valence-corrected chi connectivity index (χ1v) is 8.18. The minimum atomic E-state index is -2.99. The van der Waals surface area contributed by atoms with Gasteiger partial charge in [-0.3, -0.25) is 0 Å². The molecule has 0 saturated heterocycles. The lowest BCUT2D eigenvalue weighted by Crippen LogP contribution is -2.07. The molecule has 0 bridgehead atoms. The van der Waals surface area contributed by atoms with Crippen LogP contribution in [0.25, 0.3) is 17.0 Å². The second-order valence-electron chi connectivity index (χ2n) is 5.77. The Kier molecular flexibility index (Phi) is 4.52. The average molecular weight is 385 g/mol. The van der Waals surface area contributed by atoms with E-state index >= 15 is 0 Å². The van der Waals surface area contributed by atoms with Gasteiger partial charge in [-0.2, -0.15) is 8.78 Å². The number of aliphatic imine (C=N–C) groups is 1. The number of rotatable bonds is 5. The Hall–Kier alpha value is -3.68. The molecule has 0 atom stereocenters. The summed E-state index contributed by atoms with van der Waals surface area (Å²) in [5.41, 5.74) is 1.12. The smallest absolute Gasteiger partial charge is 0.387 e. The third kappa shape index (κ3) is 3.44. The summed E-state index contributed by atoms with van der Waals surface area (Å²) in [6.07, 6.45) is 1.47. The SMILES string of the molecule is COc1cc(C2=N/C(=C/c3cc4ccccc4o3)C(=O)O2)ccc1OC(F)F. The van der Waals surface area contributed by atoms with Gasteiger partial charge in [-0.15, -0.1) is 0 Å². The van der Waals surface area contributed by atoms with Crippen molar-refractivity contribution in [3.8, 4) is 11.5 Å². The van der Waals surface area contributed by atoms with Crippen molar-refractivity contribution in [3.63, 3.8) is 0 Å². The molecule has 0 unspecified atom stereocenters. The maximum absolute atomic E-state index is 12.4. The van der Waals surface area contributed by atoms with E-state index in [1.165, 1.54) is 31.4 Å². The highest BCUT2D eigenvalue weighted by atomic mass is 19.3. The Morgan fingerprint density at radius 3 is 2.68 bits per heavy atom. The summed E-state index contributed by atoms with van der Waals surface area (Å²) in [4.78, 5) is 16.3. The Labute approximate surface area is 157 Å². The summed E-state index contributed by atoms with van der Waals surface area (Å²) < 4.78 is 45.1. The van der Waals surface area contributed by atoms with Crippen LogP contribution in [0.3, 0.4) is 0 Å². The largest absolute Gasteiger partial charge is 0.493 e. The number of hydrogen-bond donors (Lipinski definition) is 0. The molecule has 4 rings (SSSR count). The van der Waals surface area contributed by atoms with E-state index < -0.39 is 12.6 Å². The van der Waals surface area contributed by atoms with Gasteiger partial charge >= 0.3 is 12.6 Å². The number of methoxy groups -OCH3 is 1. The Morgan fingerprint density at radius 1 is 1.11 bits per heavy atom. The highest BCUT2D eigenvalue weighted by Crippen LogP contribution is 2.31. The van der Waals surface area contributed by atoms with Crippen LogP contribution in [0.1, 0.15) is 11.3 Å². The lowest BCUT2D eigenvalue weighted by Gasteiger charge is -2.10. The molecule has 0 saturated carbocycles. The molecule has 142 valence electrons. The van der Waals surface area contributed by atoms with Crippen molar-refractivity contribution in [1.82, 2.24) is 0 Å². The number of esters is 1. The van der Waals surface area contributed by atoms with Gasteiger partial charge in [0.15, 0.2) is 17.2 Å². The molecule has 0 radical (unpaired) electrons. The van der Waals surface area contributed by atoms with Gasteiger partial charge in [0, 0.05) is 17.0 Å². The summed E-state index contributed by atoms with van der Waals surface area (Å²) in [5.74, 6) is -0.247. The van der Waals surface area contributed by atoms with E-state index in [4.69, 9.17) is 13.9 Å². The molecule has 1 aliphatic heterocycles. The van der Waals surface area contributed by atoms with E-state index in [9.17, 15) is 13.6 Å². The Morgan fingerprint density at radius 2 is 1.93 bits per heavy atom. The molecule has 1 aliphatic rings. The highest BCUT2D eigenvalue weighted by molar-refractivity contribution is 6.13. The van der Waals surface area contributed by atoms with E-state index in [-0.39, 0.29) is 23.1 Å². The zero-order chi connectivity index (χ0) is 19.7. The van der Waals surface area contributed by atoms with E-state index in [2.05, 4.69) is 9.73 Å². The predicted octanol–water partition coefficient (Wildman–Crippen LogP) is 4.39. The molecule has 1 aromatic heterocycles. The summed E-state index contributed by atoms with van der Waals surface area (Å²) in [6, 6.07) is 13.3. The van der Waals surface area contributed by atoms with Crippen molar-refractivity contribution < 1.29 is 32.2 Å². The van der Waals surface area contributed by atoms with Crippen molar-refractivity contribution in [3.05, 3.63) is 65.6 Å². The normalized spacial score (nSPS) is 15.2. The van der Waals surface area contributed by atoms with Crippen molar-refractivity contribution in [2.24, 2.45) is 4.99 Å². The number of nitrogens with zero attached hydrogens (tertiary/aromatic N) is 1. The minimum absolute atomic E-state index is 0.0225. The third-order valence-electron chi connectivity index (χ3n) is 3.97. The molecule has 2 heterocycles. The first-order chi connectivity index (χ1) is 13.5. The summed E-state index contributed by atoms with van der Waals surface area (Å²) in [5, 5.41) is 0.893. The van der Waals surface area contributed by atoms with Crippen molar-refractivity contribution in [2.45, 2.75) is 6.61 Å². The third-order valence-corrected chi connectivity index (χ3v) is 3.97. The number of para-hydroxylation sites is 1. The molecule has 0 fully saturated rings. The molecule has 8 heteroatoms. The standard InChI is InChI=1S/C20H13F2NO5/c1-25-17-9-12(6-7-16(17)27-20(21)22)18-23-14(19(24)28-18)10-13-8-11-4-2-3-5-15(11)26-13/h2-10,20H,1H3/b14-10+. The van der Waals surface area contributed by atoms with Crippen molar-refractivity contribution >= 4 is 28.9 Å². The van der Waals surface area contributed by atoms with Crippen LogP contribution in [0, 0.1) is 0 Å². The number of alkyl halides is 2. The fraction of sp³-hybridized carbons (Fsp3) is 0.100. The molecular weight excluding hydrogens is 372 g/mol. The molecule has 0 aliphatic carbocycles.